The molecule has 162 valence electrons. The van der Waals surface area contributed by atoms with Gasteiger partial charge in [0, 0.05) is 29.6 Å². The number of methoxy groups -OCH3 is 1. The molecular weight excluding hydrogens is 420 g/mol. The van der Waals surface area contributed by atoms with Crippen molar-refractivity contribution >= 4 is 27.7 Å². The van der Waals surface area contributed by atoms with E-state index in [1.165, 1.54) is 17.8 Å². The van der Waals surface area contributed by atoms with Crippen molar-refractivity contribution in [2.45, 2.75) is 42.0 Å². The number of hydrogen-bond donors (Lipinski definition) is 1. The monoisotopic (exact) mass is 448 g/mol. The van der Waals surface area contributed by atoms with Crippen molar-refractivity contribution in [3.63, 3.8) is 0 Å². The van der Waals surface area contributed by atoms with Gasteiger partial charge in [-0.15, -0.1) is 11.8 Å². The Labute approximate surface area is 183 Å². The van der Waals surface area contributed by atoms with Crippen molar-refractivity contribution in [1.82, 2.24) is 9.62 Å². The first kappa shape index (κ1) is 22.7. The van der Waals surface area contributed by atoms with Crippen molar-refractivity contribution in [3.8, 4) is 5.75 Å². The molecule has 0 bridgehead atoms. The highest BCUT2D eigenvalue weighted by molar-refractivity contribution is 7.98. The summed E-state index contributed by atoms with van der Waals surface area (Å²) in [6.07, 6.45) is 4.98. The maximum absolute atomic E-state index is 13.1. The second-order valence-corrected chi connectivity index (χ2v) is 9.86. The molecule has 1 aliphatic rings. The van der Waals surface area contributed by atoms with Crippen molar-refractivity contribution < 1.29 is 17.9 Å². The molecule has 1 heterocycles. The molecule has 8 heteroatoms. The van der Waals surface area contributed by atoms with Crippen LogP contribution in [0.5, 0.6) is 5.75 Å². The Morgan fingerprint density at radius 1 is 1.13 bits per heavy atom. The van der Waals surface area contributed by atoms with Crippen molar-refractivity contribution in [3.05, 3.63) is 53.6 Å². The minimum Gasteiger partial charge on any atom is -0.496 e. The molecule has 1 N–H and O–H groups in total. The van der Waals surface area contributed by atoms with Gasteiger partial charge in [0.15, 0.2) is 0 Å². The predicted octanol–water partition coefficient (Wildman–Crippen LogP) is 4.08. The number of nitrogens with one attached hydrogen (secondary N) is 1. The van der Waals surface area contributed by atoms with Crippen LogP contribution in [0.3, 0.4) is 0 Å². The van der Waals surface area contributed by atoms with Gasteiger partial charge in [-0.25, -0.2) is 13.1 Å². The van der Waals surface area contributed by atoms with Gasteiger partial charge in [0.05, 0.1) is 17.6 Å². The Balaban J connectivity index is 1.89. The van der Waals surface area contributed by atoms with Gasteiger partial charge in [0.1, 0.15) is 5.75 Å². The van der Waals surface area contributed by atoms with Crippen molar-refractivity contribution in [1.29, 1.82) is 0 Å². The third kappa shape index (κ3) is 4.99. The number of carbonyl (C=O) groups excluding carboxylic acids is 1. The highest BCUT2D eigenvalue weighted by Crippen LogP contribution is 2.29. The van der Waals surface area contributed by atoms with Gasteiger partial charge in [-0.1, -0.05) is 18.2 Å². The third-order valence-corrected chi connectivity index (χ3v) is 7.63. The zero-order valence-electron chi connectivity index (χ0n) is 17.6. The smallest absolute Gasteiger partial charge is 0.255 e. The van der Waals surface area contributed by atoms with Crippen LogP contribution in [0, 0.1) is 0 Å². The van der Waals surface area contributed by atoms with Gasteiger partial charge in [0.2, 0.25) is 10.0 Å². The number of carbonyl (C=O) groups is 1. The molecule has 0 aliphatic carbocycles. The van der Waals surface area contributed by atoms with E-state index in [0.29, 0.717) is 24.4 Å². The van der Waals surface area contributed by atoms with E-state index in [1.807, 2.05) is 29.4 Å². The highest BCUT2D eigenvalue weighted by atomic mass is 32.2. The molecule has 2 aromatic carbocycles. The molecule has 3 rings (SSSR count). The number of piperidine rings is 1. The number of hydrogen-bond acceptors (Lipinski definition) is 5. The van der Waals surface area contributed by atoms with Crippen molar-refractivity contribution in [2.24, 2.45) is 0 Å². The number of amides is 1. The quantitative estimate of drug-likeness (QED) is 0.646. The second-order valence-electron chi connectivity index (χ2n) is 7.30. The lowest BCUT2D eigenvalue weighted by Gasteiger charge is -2.27. The molecule has 2 aromatic rings. The second kappa shape index (κ2) is 9.85. The molecule has 0 aromatic heterocycles. The molecule has 0 unspecified atom stereocenters. The molecule has 1 atom stereocenters. The molecule has 0 radical (unpaired) electrons. The molecular formula is C22H28N2O4S2. The summed E-state index contributed by atoms with van der Waals surface area (Å²) in [6, 6.07) is 11.6. The predicted molar refractivity (Wildman–Crippen MR) is 120 cm³/mol. The van der Waals surface area contributed by atoms with Crippen LogP contribution < -0.4 is 9.46 Å². The van der Waals surface area contributed by atoms with Crippen LogP contribution in [0.2, 0.25) is 0 Å². The summed E-state index contributed by atoms with van der Waals surface area (Å²) >= 11 is 1.44. The van der Waals surface area contributed by atoms with E-state index in [1.54, 1.807) is 32.2 Å². The van der Waals surface area contributed by atoms with Crippen LogP contribution in [0.25, 0.3) is 0 Å². The van der Waals surface area contributed by atoms with E-state index < -0.39 is 16.1 Å². The number of rotatable bonds is 7. The van der Waals surface area contributed by atoms with Crippen LogP contribution in [0.15, 0.2) is 52.3 Å². The van der Waals surface area contributed by atoms with E-state index in [9.17, 15) is 13.2 Å². The highest BCUT2D eigenvalue weighted by Gasteiger charge is 2.25. The summed E-state index contributed by atoms with van der Waals surface area (Å²) in [4.78, 5) is 15.8. The van der Waals surface area contributed by atoms with Gasteiger partial charge < -0.3 is 9.64 Å². The van der Waals surface area contributed by atoms with Crippen LogP contribution >= 0.6 is 11.8 Å². The SMILES string of the molecule is COc1ccccc1[C@@H](C)NS(=O)(=O)c1ccc(SC)c(C(=O)N2CCCCC2)c1. The Bertz CT molecular complexity index is 1000. The van der Waals surface area contributed by atoms with Gasteiger partial charge in [0.25, 0.3) is 5.91 Å². The first-order valence-electron chi connectivity index (χ1n) is 10.00. The minimum absolute atomic E-state index is 0.0856. The summed E-state index contributed by atoms with van der Waals surface area (Å²) < 4.78 is 34.2. The molecule has 0 spiro atoms. The first-order chi connectivity index (χ1) is 14.4. The van der Waals surface area contributed by atoms with E-state index in [4.69, 9.17) is 4.74 Å². The van der Waals surface area contributed by atoms with E-state index in [-0.39, 0.29) is 10.8 Å². The van der Waals surface area contributed by atoms with Crippen molar-refractivity contribution in [2.75, 3.05) is 26.5 Å². The summed E-state index contributed by atoms with van der Waals surface area (Å²) in [5, 5.41) is 0. The van der Waals surface area contributed by atoms with Gasteiger partial charge in [-0.3, -0.25) is 4.79 Å². The zero-order valence-corrected chi connectivity index (χ0v) is 19.2. The third-order valence-electron chi connectivity index (χ3n) is 5.29. The average Bonchev–Trinajstić information content (AvgIpc) is 2.78. The topological polar surface area (TPSA) is 75.7 Å². The molecule has 6 nitrogen and oxygen atoms in total. The van der Waals surface area contributed by atoms with Gasteiger partial charge in [-0.05, 0) is 56.7 Å². The Morgan fingerprint density at radius 3 is 2.50 bits per heavy atom. The fraction of sp³-hybridized carbons (Fsp3) is 0.409. The maximum Gasteiger partial charge on any atom is 0.255 e. The summed E-state index contributed by atoms with van der Waals surface area (Å²) in [7, 11) is -2.27. The van der Waals surface area contributed by atoms with Crippen LogP contribution in [-0.2, 0) is 10.0 Å². The fourth-order valence-corrected chi connectivity index (χ4v) is 5.50. The maximum atomic E-state index is 13.1. The average molecular weight is 449 g/mol. The first-order valence-corrected chi connectivity index (χ1v) is 12.7. The van der Waals surface area contributed by atoms with E-state index in [2.05, 4.69) is 4.72 Å². The summed E-state index contributed by atoms with van der Waals surface area (Å²) in [5.74, 6) is 0.514. The lowest BCUT2D eigenvalue weighted by Crippen LogP contribution is -2.36. The van der Waals surface area contributed by atoms with Gasteiger partial charge in [-0.2, -0.15) is 0 Å². The van der Waals surface area contributed by atoms with Gasteiger partial charge >= 0.3 is 0 Å². The molecule has 1 fully saturated rings. The zero-order chi connectivity index (χ0) is 21.7. The fourth-order valence-electron chi connectivity index (χ4n) is 3.68. The molecule has 0 saturated carbocycles. The molecule has 30 heavy (non-hydrogen) atoms. The lowest BCUT2D eigenvalue weighted by atomic mass is 10.1. The lowest BCUT2D eigenvalue weighted by molar-refractivity contribution is 0.0720. The van der Waals surface area contributed by atoms with E-state index in [0.717, 1.165) is 29.7 Å². The number of nitrogens with zero attached hydrogens (tertiary/aromatic N) is 1. The van der Waals surface area contributed by atoms with Crippen LogP contribution in [-0.4, -0.2) is 45.7 Å². The largest absolute Gasteiger partial charge is 0.496 e. The Morgan fingerprint density at radius 2 is 1.83 bits per heavy atom. The standard InChI is InChI=1S/C22H28N2O4S2/c1-16(18-9-5-6-10-20(18)28-2)23-30(26,27)17-11-12-21(29-3)19(15-17)22(25)24-13-7-4-8-14-24/h5-6,9-12,15-16,23H,4,7-8,13-14H2,1-3H3/t16-/m1/s1. The number of benzene rings is 2. The minimum atomic E-state index is -3.83. The number of sulfonamides is 1. The van der Waals surface area contributed by atoms with E-state index >= 15 is 0 Å². The number of thioether (sulfide) groups is 1. The Hall–Kier alpha value is -2.03. The summed E-state index contributed by atoms with van der Waals surface area (Å²) in [5.41, 5.74) is 1.19. The molecule has 1 amide bonds. The van der Waals surface area contributed by atoms with Crippen LogP contribution in [0.1, 0.15) is 48.1 Å². The Kier molecular flexibility index (Phi) is 7.44. The summed E-state index contributed by atoms with van der Waals surface area (Å²) in [6.45, 7) is 3.20. The number of likely N-dealkylation sites (tertiary alicyclic amines) is 1. The van der Waals surface area contributed by atoms with Crippen LogP contribution in [0.4, 0.5) is 0 Å². The molecule has 1 saturated heterocycles. The number of para-hydroxylation sites is 1. The molecule has 1 aliphatic heterocycles. The normalized spacial score (nSPS) is 15.6. The number of ether oxygens (including phenoxy) is 1.